The molecule has 0 fully saturated rings. The number of hydrogen-bond donors (Lipinski definition) is 2. The van der Waals surface area contributed by atoms with E-state index in [0.717, 1.165) is 11.1 Å². The van der Waals surface area contributed by atoms with Gasteiger partial charge in [-0.15, -0.1) is 0 Å². The van der Waals surface area contributed by atoms with Crippen LogP contribution in [0, 0.1) is 11.7 Å². The first-order valence-corrected chi connectivity index (χ1v) is 15.2. The number of methoxy groups -OCH3 is 2. The van der Waals surface area contributed by atoms with Gasteiger partial charge in [-0.05, 0) is 72.4 Å². The van der Waals surface area contributed by atoms with Crippen molar-refractivity contribution in [1.82, 2.24) is 5.48 Å². The third kappa shape index (κ3) is 7.91. The molecular weight excluding hydrogens is 573 g/mol. The fraction of sp³-hybridized carbons (Fsp3) is 0.242. The van der Waals surface area contributed by atoms with Gasteiger partial charge in [0.1, 0.15) is 23.4 Å². The Bertz CT molecular complexity index is 1600. The van der Waals surface area contributed by atoms with Gasteiger partial charge in [0.05, 0.1) is 25.0 Å². The van der Waals surface area contributed by atoms with Crippen molar-refractivity contribution in [3.05, 3.63) is 120 Å². The summed E-state index contributed by atoms with van der Waals surface area (Å²) in [5, 5.41) is 8.32. The third-order valence-corrected chi connectivity index (χ3v) is 9.36. The summed E-state index contributed by atoms with van der Waals surface area (Å²) in [4.78, 5) is 13.0. The van der Waals surface area contributed by atoms with Crippen molar-refractivity contribution in [2.24, 2.45) is 5.92 Å². The summed E-state index contributed by atoms with van der Waals surface area (Å²) in [7, 11) is -1.37. The maximum atomic E-state index is 14.3. The molecular formula is C33H34FNO7S. The van der Waals surface area contributed by atoms with E-state index in [1.807, 2.05) is 30.3 Å². The lowest BCUT2D eigenvalue weighted by Crippen LogP contribution is -2.35. The second kappa shape index (κ2) is 14.7. The molecule has 0 saturated carbocycles. The molecule has 0 radical (unpaired) electrons. The van der Waals surface area contributed by atoms with E-state index in [-0.39, 0.29) is 29.5 Å². The van der Waals surface area contributed by atoms with Crippen molar-refractivity contribution in [3.63, 3.8) is 0 Å². The second-order valence-corrected chi connectivity index (χ2v) is 12.0. The molecule has 43 heavy (non-hydrogen) atoms. The molecule has 0 aliphatic rings. The number of ether oxygens (including phenoxy) is 3. The predicted molar refractivity (Wildman–Crippen MR) is 159 cm³/mol. The monoisotopic (exact) mass is 607 g/mol. The van der Waals surface area contributed by atoms with Crippen molar-refractivity contribution in [3.8, 4) is 17.2 Å². The first kappa shape index (κ1) is 31.5. The van der Waals surface area contributed by atoms with E-state index < -0.39 is 26.9 Å². The van der Waals surface area contributed by atoms with Gasteiger partial charge in [-0.25, -0.2) is 18.3 Å². The molecule has 2 unspecified atom stereocenters. The Labute approximate surface area is 250 Å². The molecule has 0 spiro atoms. The molecule has 8 nitrogen and oxygen atoms in total. The van der Waals surface area contributed by atoms with Crippen LogP contribution >= 0.6 is 0 Å². The fourth-order valence-corrected chi connectivity index (χ4v) is 6.97. The van der Waals surface area contributed by atoms with Crippen LogP contribution in [0.25, 0.3) is 0 Å². The lowest BCUT2D eigenvalue weighted by atomic mass is 9.91. The first-order chi connectivity index (χ1) is 20.8. The number of benzene rings is 4. The van der Waals surface area contributed by atoms with Gasteiger partial charge < -0.3 is 14.2 Å². The van der Waals surface area contributed by atoms with Crippen LogP contribution in [0.5, 0.6) is 17.2 Å². The van der Waals surface area contributed by atoms with Crippen molar-refractivity contribution >= 4 is 15.7 Å². The van der Waals surface area contributed by atoms with E-state index in [4.69, 9.17) is 14.2 Å². The number of aryl methyl sites for hydroxylation is 1. The zero-order valence-corrected chi connectivity index (χ0v) is 24.7. The van der Waals surface area contributed by atoms with Crippen LogP contribution in [0.2, 0.25) is 0 Å². The number of halogens is 1. The van der Waals surface area contributed by atoms with E-state index in [0.29, 0.717) is 29.9 Å². The third-order valence-electron chi connectivity index (χ3n) is 7.18. The summed E-state index contributed by atoms with van der Waals surface area (Å²) in [6.07, 6.45) is 1.30. The lowest BCUT2D eigenvalue weighted by molar-refractivity contribution is -0.133. The summed E-state index contributed by atoms with van der Waals surface area (Å²) in [6.45, 7) is 0.183. The predicted octanol–water partition coefficient (Wildman–Crippen LogP) is 6.08. The Morgan fingerprint density at radius 2 is 1.53 bits per heavy atom. The summed E-state index contributed by atoms with van der Waals surface area (Å²) in [5.41, 5.74) is 3.84. The van der Waals surface area contributed by atoms with Gasteiger partial charge in [0, 0.05) is 6.07 Å². The fourth-order valence-electron chi connectivity index (χ4n) is 4.94. The normalized spacial score (nSPS) is 12.7. The molecule has 2 atom stereocenters. The van der Waals surface area contributed by atoms with Crippen molar-refractivity contribution in [2.75, 3.05) is 14.2 Å². The molecule has 4 aromatic carbocycles. The van der Waals surface area contributed by atoms with Gasteiger partial charge in [0.25, 0.3) is 0 Å². The molecule has 0 aliphatic carbocycles. The topological polar surface area (TPSA) is 111 Å². The molecule has 4 aromatic rings. The highest BCUT2D eigenvalue weighted by Gasteiger charge is 2.40. The maximum Gasteiger partial charge on any atom is 0.248 e. The van der Waals surface area contributed by atoms with Gasteiger partial charge in [0.15, 0.2) is 21.3 Å². The highest BCUT2D eigenvalue weighted by atomic mass is 32.2. The van der Waals surface area contributed by atoms with Crippen LogP contribution in [0.15, 0.2) is 102 Å². The number of sulfone groups is 1. The number of nitrogens with one attached hydrogen (secondary N) is 1. The van der Waals surface area contributed by atoms with Crippen LogP contribution in [-0.2, 0) is 27.7 Å². The standard InChI is InChI=1S/C33H34FNO7S/c1-40-30-20-19-28(21-31(30)41-2)43(38,39)32(29(33(36)35-37)10-6-9-23-7-4-3-5-8-23)25-13-17-27(18-14-25)42-22-24-11-15-26(34)16-12-24/h3-5,7-8,11-21,29,32,37H,6,9-10,22H2,1-2H3,(H,35,36). The minimum Gasteiger partial charge on any atom is -0.493 e. The lowest BCUT2D eigenvalue weighted by Gasteiger charge is -2.27. The van der Waals surface area contributed by atoms with E-state index in [9.17, 15) is 22.8 Å². The number of amides is 1. The maximum absolute atomic E-state index is 14.3. The quantitative estimate of drug-likeness (QED) is 0.132. The van der Waals surface area contributed by atoms with Crippen LogP contribution in [-0.4, -0.2) is 33.8 Å². The smallest absolute Gasteiger partial charge is 0.248 e. The highest BCUT2D eigenvalue weighted by Crippen LogP contribution is 2.41. The number of rotatable bonds is 14. The summed E-state index contributed by atoms with van der Waals surface area (Å²) in [6, 6.07) is 26.3. The largest absolute Gasteiger partial charge is 0.493 e. The minimum atomic E-state index is -4.22. The minimum absolute atomic E-state index is 0.0643. The van der Waals surface area contributed by atoms with Crippen molar-refractivity contribution in [1.29, 1.82) is 0 Å². The first-order valence-electron chi connectivity index (χ1n) is 13.7. The molecule has 0 bridgehead atoms. The van der Waals surface area contributed by atoms with Crippen LogP contribution in [0.1, 0.15) is 34.8 Å². The number of hydroxylamine groups is 1. The van der Waals surface area contributed by atoms with Gasteiger partial charge in [-0.3, -0.25) is 10.0 Å². The summed E-state index contributed by atoms with van der Waals surface area (Å²) in [5.74, 6) is -1.24. The Morgan fingerprint density at radius 1 is 0.860 bits per heavy atom. The molecule has 10 heteroatoms. The van der Waals surface area contributed by atoms with E-state index in [2.05, 4.69) is 0 Å². The SMILES string of the molecule is COc1ccc(S(=O)(=O)C(c2ccc(OCc3ccc(F)cc3)cc2)C(CCCc2ccccc2)C(=O)NO)cc1OC. The average Bonchev–Trinajstić information content (AvgIpc) is 3.04. The Balaban J connectivity index is 1.68. The molecule has 2 N–H and O–H groups in total. The molecule has 0 saturated heterocycles. The number of carbonyl (C=O) groups is 1. The molecule has 0 aromatic heterocycles. The molecule has 1 amide bonds. The van der Waals surface area contributed by atoms with E-state index >= 15 is 0 Å². The highest BCUT2D eigenvalue weighted by molar-refractivity contribution is 7.91. The van der Waals surface area contributed by atoms with Crippen molar-refractivity contribution < 1.29 is 37.0 Å². The van der Waals surface area contributed by atoms with Crippen LogP contribution < -0.4 is 19.7 Å². The average molecular weight is 608 g/mol. The van der Waals surface area contributed by atoms with Gasteiger partial charge in [-0.2, -0.15) is 0 Å². The van der Waals surface area contributed by atoms with E-state index in [1.165, 1.54) is 44.6 Å². The van der Waals surface area contributed by atoms with Crippen LogP contribution in [0.3, 0.4) is 0 Å². The Hall–Kier alpha value is -4.41. The zero-order chi connectivity index (χ0) is 30.8. The van der Waals surface area contributed by atoms with Gasteiger partial charge in [0.2, 0.25) is 5.91 Å². The zero-order valence-electron chi connectivity index (χ0n) is 23.9. The van der Waals surface area contributed by atoms with Gasteiger partial charge >= 0.3 is 0 Å². The summed E-state index contributed by atoms with van der Waals surface area (Å²) < 4.78 is 58.3. The molecule has 0 aliphatic heterocycles. The molecule has 226 valence electrons. The Morgan fingerprint density at radius 3 is 2.16 bits per heavy atom. The van der Waals surface area contributed by atoms with Gasteiger partial charge in [-0.1, -0.05) is 54.6 Å². The number of hydrogen-bond acceptors (Lipinski definition) is 7. The Kier molecular flexibility index (Phi) is 10.7. The number of carbonyl (C=O) groups excluding carboxylic acids is 1. The van der Waals surface area contributed by atoms with Crippen molar-refractivity contribution in [2.45, 2.75) is 36.0 Å². The van der Waals surface area contributed by atoms with Crippen LogP contribution in [0.4, 0.5) is 4.39 Å². The summed E-state index contributed by atoms with van der Waals surface area (Å²) >= 11 is 0. The molecule has 4 rings (SSSR count). The molecule has 0 heterocycles. The second-order valence-electron chi connectivity index (χ2n) is 9.93. The van der Waals surface area contributed by atoms with E-state index in [1.54, 1.807) is 41.9 Å².